The van der Waals surface area contributed by atoms with E-state index in [0.29, 0.717) is 13.2 Å². The van der Waals surface area contributed by atoms with Crippen LogP contribution in [0.2, 0.25) is 0 Å². The lowest BCUT2D eigenvalue weighted by Gasteiger charge is -2.25. The number of hydrogen-bond acceptors (Lipinski definition) is 2. The van der Waals surface area contributed by atoms with Gasteiger partial charge in [-0.1, -0.05) is 13.8 Å². The van der Waals surface area contributed by atoms with Gasteiger partial charge in [-0.15, -0.1) is 0 Å². The molecule has 1 N–H and O–H groups in total. The van der Waals surface area contributed by atoms with Gasteiger partial charge in [-0.3, -0.25) is 0 Å². The summed E-state index contributed by atoms with van der Waals surface area (Å²) in [4.78, 5) is 0. The van der Waals surface area contributed by atoms with E-state index in [0.717, 1.165) is 0 Å². The van der Waals surface area contributed by atoms with Gasteiger partial charge >= 0.3 is 6.18 Å². The van der Waals surface area contributed by atoms with Gasteiger partial charge in [0.1, 0.15) is 0 Å². The Morgan fingerprint density at radius 3 is 2.46 bits per heavy atom. The number of alkyl halides is 3. The minimum Gasteiger partial charge on any atom is -0.379 e. The van der Waals surface area contributed by atoms with E-state index in [1.54, 1.807) is 0 Å². The second-order valence-electron chi connectivity index (χ2n) is 4.05. The van der Waals surface area contributed by atoms with Gasteiger partial charge < -0.3 is 10.1 Å². The van der Waals surface area contributed by atoms with Crippen molar-refractivity contribution in [2.24, 2.45) is 5.41 Å². The van der Waals surface area contributed by atoms with E-state index in [1.807, 2.05) is 13.8 Å². The zero-order valence-electron chi connectivity index (χ0n) is 7.74. The number of rotatable bonds is 2. The molecule has 0 radical (unpaired) electrons. The molecule has 13 heavy (non-hydrogen) atoms. The molecule has 1 aliphatic rings. The van der Waals surface area contributed by atoms with Crippen molar-refractivity contribution in [1.82, 2.24) is 5.32 Å². The lowest BCUT2D eigenvalue weighted by molar-refractivity contribution is -0.127. The zero-order valence-corrected chi connectivity index (χ0v) is 7.74. The first-order valence-electron chi connectivity index (χ1n) is 4.19. The molecule has 0 bridgehead atoms. The van der Waals surface area contributed by atoms with Crippen LogP contribution in [0.4, 0.5) is 13.2 Å². The maximum Gasteiger partial charge on any atom is 0.401 e. The molecule has 0 amide bonds. The molecule has 1 saturated heterocycles. The predicted molar refractivity (Wildman–Crippen MR) is 42.4 cm³/mol. The minimum absolute atomic E-state index is 0.200. The molecule has 1 fully saturated rings. The SMILES string of the molecule is CC1(C)COCC1NCC(F)(F)F. The van der Waals surface area contributed by atoms with E-state index in [1.165, 1.54) is 0 Å². The molecule has 1 aliphatic heterocycles. The smallest absolute Gasteiger partial charge is 0.379 e. The molecule has 78 valence electrons. The summed E-state index contributed by atoms with van der Waals surface area (Å²) in [5.74, 6) is 0. The quantitative estimate of drug-likeness (QED) is 0.725. The highest BCUT2D eigenvalue weighted by Crippen LogP contribution is 2.27. The molecule has 1 unspecified atom stereocenters. The predicted octanol–water partition coefficient (Wildman–Crippen LogP) is 1.56. The Hall–Kier alpha value is -0.290. The van der Waals surface area contributed by atoms with E-state index in [2.05, 4.69) is 5.32 Å². The molecule has 1 rings (SSSR count). The van der Waals surface area contributed by atoms with Crippen molar-refractivity contribution >= 4 is 0 Å². The second kappa shape index (κ2) is 3.46. The fourth-order valence-corrected chi connectivity index (χ4v) is 1.34. The molecule has 0 saturated carbocycles. The highest BCUT2D eigenvalue weighted by Gasteiger charge is 2.38. The summed E-state index contributed by atoms with van der Waals surface area (Å²) in [6.07, 6.45) is -4.14. The standard InChI is InChI=1S/C8H14F3NO/c1-7(2)5-13-3-6(7)12-4-8(9,10)11/h6,12H,3-5H2,1-2H3. The average molecular weight is 197 g/mol. The molecule has 1 heterocycles. The van der Waals surface area contributed by atoms with Crippen molar-refractivity contribution in [3.8, 4) is 0 Å². The molecule has 0 aromatic heterocycles. The Labute approximate surface area is 75.4 Å². The molecule has 5 heteroatoms. The topological polar surface area (TPSA) is 21.3 Å². The Morgan fingerprint density at radius 1 is 1.46 bits per heavy atom. The van der Waals surface area contributed by atoms with Crippen LogP contribution in [0, 0.1) is 5.41 Å². The van der Waals surface area contributed by atoms with Gasteiger partial charge in [0.05, 0.1) is 19.8 Å². The molecular weight excluding hydrogens is 183 g/mol. The van der Waals surface area contributed by atoms with Crippen LogP contribution in [0.25, 0.3) is 0 Å². The maximum atomic E-state index is 11.9. The Balaban J connectivity index is 2.37. The highest BCUT2D eigenvalue weighted by molar-refractivity contribution is 4.89. The number of ether oxygens (including phenoxy) is 1. The third kappa shape index (κ3) is 3.15. The summed E-state index contributed by atoms with van der Waals surface area (Å²) < 4.78 is 40.7. The van der Waals surface area contributed by atoms with Crippen LogP contribution >= 0.6 is 0 Å². The first-order valence-corrected chi connectivity index (χ1v) is 4.19. The maximum absolute atomic E-state index is 11.9. The van der Waals surface area contributed by atoms with E-state index in [4.69, 9.17) is 4.74 Å². The zero-order chi connectivity index (χ0) is 10.1. The van der Waals surface area contributed by atoms with Crippen LogP contribution in [-0.2, 0) is 4.74 Å². The number of hydrogen-bond donors (Lipinski definition) is 1. The summed E-state index contributed by atoms with van der Waals surface area (Å²) >= 11 is 0. The molecule has 0 aromatic rings. The average Bonchev–Trinajstić information content (AvgIpc) is 2.23. The van der Waals surface area contributed by atoms with Crippen LogP contribution in [0.15, 0.2) is 0 Å². The van der Waals surface area contributed by atoms with Crippen LogP contribution in [0.3, 0.4) is 0 Å². The monoisotopic (exact) mass is 197 g/mol. The van der Waals surface area contributed by atoms with Gasteiger partial charge in [0, 0.05) is 11.5 Å². The third-order valence-corrected chi connectivity index (χ3v) is 2.25. The van der Waals surface area contributed by atoms with E-state index < -0.39 is 12.7 Å². The highest BCUT2D eigenvalue weighted by atomic mass is 19.4. The van der Waals surface area contributed by atoms with Gasteiger partial charge in [-0.25, -0.2) is 0 Å². The van der Waals surface area contributed by atoms with Crippen molar-refractivity contribution in [2.45, 2.75) is 26.1 Å². The summed E-state index contributed by atoms with van der Waals surface area (Å²) in [5.41, 5.74) is -0.203. The Bertz CT molecular complexity index is 179. The fourth-order valence-electron chi connectivity index (χ4n) is 1.34. The van der Waals surface area contributed by atoms with E-state index >= 15 is 0 Å². The lowest BCUT2D eigenvalue weighted by atomic mass is 9.88. The first kappa shape index (κ1) is 10.8. The molecule has 0 aliphatic carbocycles. The van der Waals surface area contributed by atoms with Crippen molar-refractivity contribution < 1.29 is 17.9 Å². The fraction of sp³-hybridized carbons (Fsp3) is 1.00. The van der Waals surface area contributed by atoms with Gasteiger partial charge in [0.2, 0.25) is 0 Å². The number of nitrogens with one attached hydrogen (secondary N) is 1. The lowest BCUT2D eigenvalue weighted by Crippen LogP contribution is -2.44. The van der Waals surface area contributed by atoms with Crippen LogP contribution in [-0.4, -0.2) is 32.0 Å². The normalized spacial score (nSPS) is 27.9. The van der Waals surface area contributed by atoms with Gasteiger partial charge in [-0.2, -0.15) is 13.2 Å². The van der Waals surface area contributed by atoms with Gasteiger partial charge in [-0.05, 0) is 0 Å². The van der Waals surface area contributed by atoms with Crippen LogP contribution in [0.1, 0.15) is 13.8 Å². The molecule has 1 atom stereocenters. The molecular formula is C8H14F3NO. The van der Waals surface area contributed by atoms with Crippen molar-refractivity contribution in [3.05, 3.63) is 0 Å². The minimum atomic E-state index is -4.14. The molecule has 2 nitrogen and oxygen atoms in total. The van der Waals surface area contributed by atoms with E-state index in [-0.39, 0.29) is 11.5 Å². The summed E-state index contributed by atoms with van der Waals surface area (Å²) in [6, 6.07) is -0.200. The summed E-state index contributed by atoms with van der Waals surface area (Å²) in [7, 11) is 0. The van der Waals surface area contributed by atoms with Crippen LogP contribution in [0.5, 0.6) is 0 Å². The van der Waals surface area contributed by atoms with Crippen molar-refractivity contribution in [3.63, 3.8) is 0 Å². The van der Waals surface area contributed by atoms with E-state index in [9.17, 15) is 13.2 Å². The summed E-state index contributed by atoms with van der Waals surface area (Å²) in [5, 5.41) is 2.46. The number of halogens is 3. The second-order valence-corrected chi connectivity index (χ2v) is 4.05. The van der Waals surface area contributed by atoms with Gasteiger partial charge in [0.15, 0.2) is 0 Å². The van der Waals surface area contributed by atoms with Gasteiger partial charge in [0.25, 0.3) is 0 Å². The molecule has 0 spiro atoms. The van der Waals surface area contributed by atoms with Crippen molar-refractivity contribution in [2.75, 3.05) is 19.8 Å². The van der Waals surface area contributed by atoms with Crippen molar-refractivity contribution in [1.29, 1.82) is 0 Å². The first-order chi connectivity index (χ1) is 5.81. The Kier molecular flexibility index (Phi) is 2.87. The largest absolute Gasteiger partial charge is 0.401 e. The summed E-state index contributed by atoms with van der Waals surface area (Å²) in [6.45, 7) is 3.73. The third-order valence-electron chi connectivity index (χ3n) is 2.25. The molecule has 0 aromatic carbocycles. The Morgan fingerprint density at radius 2 is 2.08 bits per heavy atom. The van der Waals surface area contributed by atoms with Crippen LogP contribution < -0.4 is 5.32 Å².